The molecule has 39 heavy (non-hydrogen) atoms. The standard InChI is InChI=1S/C28H30F2N6O3/c1-18-4-9-21-24(31-18)36(23(32-21)17-34-14-2-3-15-34)20-7-5-19(6-8-20)22(37)16-35-25(38)27(33-26(35)39)10-12-28(29,30)13-11-27/h4-9H,2-3,10-17H2,1H3,(H,33,39). The van der Waals surface area contributed by atoms with Crippen molar-refractivity contribution in [2.75, 3.05) is 19.6 Å². The van der Waals surface area contributed by atoms with Gasteiger partial charge in [-0.2, -0.15) is 0 Å². The number of imidazole rings is 1. The predicted molar refractivity (Wildman–Crippen MR) is 139 cm³/mol. The molecule has 1 N–H and O–H groups in total. The molecule has 204 valence electrons. The average Bonchev–Trinajstić information content (AvgIpc) is 3.60. The van der Waals surface area contributed by atoms with Crippen LogP contribution in [0.15, 0.2) is 36.4 Å². The van der Waals surface area contributed by atoms with Crippen molar-refractivity contribution in [2.24, 2.45) is 0 Å². The number of imide groups is 1. The Hall–Kier alpha value is -3.73. The molecule has 1 aromatic carbocycles. The number of benzene rings is 1. The number of aryl methyl sites for hydroxylation is 1. The number of hydrogen-bond donors (Lipinski definition) is 1. The lowest BCUT2D eigenvalue weighted by molar-refractivity contribution is -0.135. The third-order valence-corrected chi connectivity index (χ3v) is 8.11. The second-order valence-electron chi connectivity index (χ2n) is 10.9. The smallest absolute Gasteiger partial charge is 0.323 e. The number of Topliss-reactive ketones (excluding diaryl/α,β-unsaturated/α-hetero) is 1. The van der Waals surface area contributed by atoms with E-state index < -0.39 is 48.6 Å². The largest absolute Gasteiger partial charge is 0.325 e. The second kappa shape index (κ2) is 9.48. The Balaban J connectivity index is 1.22. The molecule has 0 bridgehead atoms. The topological polar surface area (TPSA) is 100 Å². The Morgan fingerprint density at radius 1 is 0.974 bits per heavy atom. The van der Waals surface area contributed by atoms with Gasteiger partial charge in [0.05, 0.1) is 13.1 Å². The first-order chi connectivity index (χ1) is 18.6. The number of amides is 3. The number of pyridine rings is 1. The van der Waals surface area contributed by atoms with Crippen LogP contribution in [0.1, 0.15) is 60.4 Å². The van der Waals surface area contributed by atoms with Crippen LogP contribution >= 0.6 is 0 Å². The van der Waals surface area contributed by atoms with Gasteiger partial charge in [0.25, 0.3) is 5.91 Å². The summed E-state index contributed by atoms with van der Waals surface area (Å²) in [5, 5.41) is 2.58. The average molecular weight is 537 g/mol. The molecule has 6 rings (SSSR count). The van der Waals surface area contributed by atoms with Gasteiger partial charge in [-0.25, -0.2) is 23.5 Å². The minimum Gasteiger partial charge on any atom is -0.323 e. The molecule has 2 aliphatic heterocycles. The van der Waals surface area contributed by atoms with Gasteiger partial charge in [0.15, 0.2) is 11.4 Å². The van der Waals surface area contributed by atoms with Crippen molar-refractivity contribution < 1.29 is 23.2 Å². The normalized spacial score (nSPS) is 20.7. The van der Waals surface area contributed by atoms with Crippen LogP contribution in [-0.4, -0.2) is 73.2 Å². The summed E-state index contributed by atoms with van der Waals surface area (Å²) in [6, 6.07) is 10.1. The highest BCUT2D eigenvalue weighted by molar-refractivity contribution is 6.11. The quantitative estimate of drug-likeness (QED) is 0.378. The number of carbonyl (C=O) groups excluding carboxylic acids is 3. The molecule has 3 amide bonds. The SMILES string of the molecule is Cc1ccc2nc(CN3CCCC3)n(-c3ccc(C(=O)CN4C(=O)NC5(CCC(F)(F)CC5)C4=O)cc3)c2n1. The maximum absolute atomic E-state index is 13.7. The fourth-order valence-corrected chi connectivity index (χ4v) is 5.85. The number of hydrogen-bond acceptors (Lipinski definition) is 6. The summed E-state index contributed by atoms with van der Waals surface area (Å²) in [5.41, 5.74) is 2.20. The first-order valence-electron chi connectivity index (χ1n) is 13.4. The zero-order valence-electron chi connectivity index (χ0n) is 21.8. The predicted octanol–water partition coefficient (Wildman–Crippen LogP) is 4.01. The minimum atomic E-state index is -2.84. The zero-order chi connectivity index (χ0) is 27.4. The number of nitrogens with one attached hydrogen (secondary N) is 1. The van der Waals surface area contributed by atoms with Gasteiger partial charge in [-0.15, -0.1) is 0 Å². The Bertz CT molecular complexity index is 1450. The number of carbonyl (C=O) groups is 3. The Morgan fingerprint density at radius 3 is 2.36 bits per heavy atom. The highest BCUT2D eigenvalue weighted by atomic mass is 19.3. The van der Waals surface area contributed by atoms with Gasteiger partial charge >= 0.3 is 6.03 Å². The van der Waals surface area contributed by atoms with Gasteiger partial charge in [0.1, 0.15) is 16.9 Å². The van der Waals surface area contributed by atoms with E-state index in [0.29, 0.717) is 12.1 Å². The molecule has 1 saturated carbocycles. The summed E-state index contributed by atoms with van der Waals surface area (Å²) >= 11 is 0. The maximum atomic E-state index is 13.7. The number of likely N-dealkylation sites (tertiary alicyclic amines) is 1. The van der Waals surface area contributed by atoms with Crippen LogP contribution in [0.3, 0.4) is 0 Å². The van der Waals surface area contributed by atoms with Crippen LogP contribution in [-0.2, 0) is 11.3 Å². The van der Waals surface area contributed by atoms with Crippen LogP contribution < -0.4 is 5.32 Å². The molecular formula is C28H30F2N6O3. The number of urea groups is 1. The van der Waals surface area contributed by atoms with Crippen LogP contribution in [0, 0.1) is 6.92 Å². The van der Waals surface area contributed by atoms with E-state index in [9.17, 15) is 23.2 Å². The van der Waals surface area contributed by atoms with Gasteiger partial charge in [0.2, 0.25) is 5.92 Å². The molecule has 9 nitrogen and oxygen atoms in total. The van der Waals surface area contributed by atoms with E-state index >= 15 is 0 Å². The van der Waals surface area contributed by atoms with Crippen molar-refractivity contribution in [1.29, 1.82) is 0 Å². The van der Waals surface area contributed by atoms with Crippen LogP contribution in [0.5, 0.6) is 0 Å². The molecule has 2 aromatic heterocycles. The Morgan fingerprint density at radius 2 is 1.67 bits per heavy atom. The van der Waals surface area contributed by atoms with Crippen LogP contribution in [0.25, 0.3) is 16.9 Å². The van der Waals surface area contributed by atoms with E-state index in [1.807, 2.05) is 35.8 Å². The van der Waals surface area contributed by atoms with E-state index in [1.165, 1.54) is 12.8 Å². The van der Waals surface area contributed by atoms with E-state index in [-0.39, 0.29) is 12.8 Å². The summed E-state index contributed by atoms with van der Waals surface area (Å²) in [4.78, 5) is 51.5. The molecule has 1 aliphatic carbocycles. The fraction of sp³-hybridized carbons (Fsp3) is 0.464. The van der Waals surface area contributed by atoms with Gasteiger partial charge in [-0.1, -0.05) is 0 Å². The van der Waals surface area contributed by atoms with E-state index in [4.69, 9.17) is 9.97 Å². The van der Waals surface area contributed by atoms with Crippen LogP contribution in [0.4, 0.5) is 13.6 Å². The molecule has 3 fully saturated rings. The molecule has 0 atom stereocenters. The lowest BCUT2D eigenvalue weighted by Gasteiger charge is -2.34. The highest BCUT2D eigenvalue weighted by Crippen LogP contribution is 2.41. The van der Waals surface area contributed by atoms with Crippen molar-refractivity contribution >= 4 is 28.9 Å². The van der Waals surface area contributed by atoms with Crippen molar-refractivity contribution in [1.82, 2.24) is 29.7 Å². The molecule has 0 radical (unpaired) electrons. The maximum Gasteiger partial charge on any atom is 0.325 e. The van der Waals surface area contributed by atoms with Crippen molar-refractivity contribution in [3.8, 4) is 5.69 Å². The fourth-order valence-electron chi connectivity index (χ4n) is 5.85. The lowest BCUT2D eigenvalue weighted by Crippen LogP contribution is -2.51. The van der Waals surface area contributed by atoms with Gasteiger partial charge in [-0.3, -0.25) is 24.0 Å². The van der Waals surface area contributed by atoms with Crippen LogP contribution in [0.2, 0.25) is 0 Å². The summed E-state index contributed by atoms with van der Waals surface area (Å²) in [6.07, 6.45) is 1.10. The highest BCUT2D eigenvalue weighted by Gasteiger charge is 2.55. The number of fused-ring (bicyclic) bond motifs is 1. The number of rotatable bonds is 6. The molecular weight excluding hydrogens is 506 g/mol. The minimum absolute atomic E-state index is 0.143. The zero-order valence-corrected chi connectivity index (χ0v) is 21.8. The first kappa shape index (κ1) is 25.5. The Labute approximate surface area is 224 Å². The molecule has 3 aliphatic rings. The van der Waals surface area contributed by atoms with Crippen molar-refractivity contribution in [2.45, 2.75) is 63.5 Å². The Kier molecular flexibility index (Phi) is 6.21. The van der Waals surface area contributed by atoms with Gasteiger partial charge in [0, 0.05) is 29.8 Å². The second-order valence-corrected chi connectivity index (χ2v) is 10.9. The summed E-state index contributed by atoms with van der Waals surface area (Å²) < 4.78 is 29.3. The number of aromatic nitrogens is 3. The number of halogens is 2. The number of ketones is 1. The number of alkyl halides is 2. The first-order valence-corrected chi connectivity index (χ1v) is 13.4. The molecule has 11 heteroatoms. The lowest BCUT2D eigenvalue weighted by atomic mass is 9.80. The molecule has 2 saturated heterocycles. The third-order valence-electron chi connectivity index (χ3n) is 8.11. The van der Waals surface area contributed by atoms with Crippen molar-refractivity contribution in [3.05, 3.63) is 53.5 Å². The van der Waals surface area contributed by atoms with Gasteiger partial charge < -0.3 is 5.32 Å². The molecule has 3 aromatic rings. The summed E-state index contributed by atoms with van der Waals surface area (Å²) in [7, 11) is 0. The number of nitrogens with zero attached hydrogens (tertiary/aromatic N) is 5. The van der Waals surface area contributed by atoms with Gasteiger partial charge in [-0.05, 0) is 82.1 Å². The summed E-state index contributed by atoms with van der Waals surface area (Å²) in [5.74, 6) is -2.99. The monoisotopic (exact) mass is 536 g/mol. The third kappa shape index (κ3) is 4.69. The van der Waals surface area contributed by atoms with E-state index in [0.717, 1.165) is 46.4 Å². The summed E-state index contributed by atoms with van der Waals surface area (Å²) in [6.45, 7) is 4.22. The molecule has 1 spiro atoms. The van der Waals surface area contributed by atoms with E-state index in [2.05, 4.69) is 10.2 Å². The molecule has 4 heterocycles. The molecule has 0 unspecified atom stereocenters. The van der Waals surface area contributed by atoms with Crippen molar-refractivity contribution in [3.63, 3.8) is 0 Å². The van der Waals surface area contributed by atoms with E-state index in [1.54, 1.807) is 12.1 Å².